The highest BCUT2D eigenvalue weighted by molar-refractivity contribution is 5.80. The summed E-state index contributed by atoms with van der Waals surface area (Å²) in [7, 11) is 1.73. The fourth-order valence-electron chi connectivity index (χ4n) is 3.89. The van der Waals surface area contributed by atoms with Gasteiger partial charge in [-0.15, -0.1) is 0 Å². The van der Waals surface area contributed by atoms with Gasteiger partial charge < -0.3 is 20.1 Å². The Labute approximate surface area is 178 Å². The van der Waals surface area contributed by atoms with Crippen LogP contribution in [0.15, 0.2) is 47.5 Å². The lowest BCUT2D eigenvalue weighted by molar-refractivity contribution is 0.0505. The molecule has 1 aliphatic rings. The number of methoxy groups -OCH3 is 1. The van der Waals surface area contributed by atoms with E-state index in [0.29, 0.717) is 6.54 Å². The van der Waals surface area contributed by atoms with Gasteiger partial charge in [-0.3, -0.25) is 0 Å². The third kappa shape index (κ3) is 5.51. The lowest BCUT2D eigenvalue weighted by Crippen LogP contribution is -2.48. The van der Waals surface area contributed by atoms with Crippen molar-refractivity contribution in [2.75, 3.05) is 33.4 Å². The van der Waals surface area contributed by atoms with Crippen LogP contribution in [0.1, 0.15) is 36.5 Å². The van der Waals surface area contributed by atoms with E-state index >= 15 is 0 Å². The van der Waals surface area contributed by atoms with E-state index in [1.807, 2.05) is 6.92 Å². The van der Waals surface area contributed by atoms with Crippen LogP contribution in [-0.4, -0.2) is 39.4 Å². The summed E-state index contributed by atoms with van der Waals surface area (Å²) in [5, 5.41) is 6.85. The molecule has 1 fully saturated rings. The van der Waals surface area contributed by atoms with E-state index in [4.69, 9.17) is 14.5 Å². The Balaban J connectivity index is 1.80. The summed E-state index contributed by atoms with van der Waals surface area (Å²) in [6.45, 7) is 7.58. The molecule has 1 saturated heterocycles. The second-order valence-electron chi connectivity index (χ2n) is 7.77. The third-order valence-corrected chi connectivity index (χ3v) is 5.65. The largest absolute Gasteiger partial charge is 0.496 e. The van der Waals surface area contributed by atoms with Crippen LogP contribution in [0.25, 0.3) is 0 Å². The van der Waals surface area contributed by atoms with Gasteiger partial charge in [-0.1, -0.05) is 29.8 Å². The summed E-state index contributed by atoms with van der Waals surface area (Å²) in [6, 6.07) is 12.8. The highest BCUT2D eigenvalue weighted by Crippen LogP contribution is 2.40. The highest BCUT2D eigenvalue weighted by Gasteiger charge is 2.37. The molecule has 0 saturated carbocycles. The minimum Gasteiger partial charge on any atom is -0.496 e. The van der Waals surface area contributed by atoms with Gasteiger partial charge in [0.1, 0.15) is 11.6 Å². The first kappa shape index (κ1) is 22.1. The van der Waals surface area contributed by atoms with Crippen molar-refractivity contribution in [3.8, 4) is 5.75 Å². The van der Waals surface area contributed by atoms with Gasteiger partial charge in [0.2, 0.25) is 0 Å². The van der Waals surface area contributed by atoms with Crippen molar-refractivity contribution >= 4 is 5.96 Å². The molecule has 6 heteroatoms. The van der Waals surface area contributed by atoms with E-state index in [2.05, 4.69) is 35.8 Å². The molecule has 162 valence electrons. The Morgan fingerprint density at radius 1 is 1.13 bits per heavy atom. The maximum Gasteiger partial charge on any atom is 0.191 e. The van der Waals surface area contributed by atoms with Crippen molar-refractivity contribution in [2.24, 2.45) is 4.99 Å². The van der Waals surface area contributed by atoms with E-state index in [-0.39, 0.29) is 11.2 Å². The number of aliphatic imine (C=N–C) groups is 1. The molecule has 2 aromatic rings. The van der Waals surface area contributed by atoms with Gasteiger partial charge in [0.15, 0.2) is 5.96 Å². The van der Waals surface area contributed by atoms with Gasteiger partial charge in [0.25, 0.3) is 0 Å². The summed E-state index contributed by atoms with van der Waals surface area (Å²) in [4.78, 5) is 4.69. The predicted octanol–water partition coefficient (Wildman–Crippen LogP) is 3.95. The van der Waals surface area contributed by atoms with Crippen molar-refractivity contribution in [1.29, 1.82) is 0 Å². The van der Waals surface area contributed by atoms with Crippen LogP contribution in [0.3, 0.4) is 0 Å². The second kappa shape index (κ2) is 10.4. The zero-order chi connectivity index (χ0) is 21.4. The average molecular weight is 414 g/mol. The zero-order valence-corrected chi connectivity index (χ0v) is 18.1. The van der Waals surface area contributed by atoms with E-state index in [1.54, 1.807) is 19.2 Å². The van der Waals surface area contributed by atoms with Crippen molar-refractivity contribution in [1.82, 2.24) is 10.6 Å². The summed E-state index contributed by atoms with van der Waals surface area (Å²) >= 11 is 0. The maximum absolute atomic E-state index is 13.1. The minimum atomic E-state index is -0.235. The maximum atomic E-state index is 13.1. The quantitative estimate of drug-likeness (QED) is 0.533. The summed E-state index contributed by atoms with van der Waals surface area (Å²) in [5.74, 6) is 1.43. The fourth-order valence-corrected chi connectivity index (χ4v) is 3.89. The summed E-state index contributed by atoms with van der Waals surface area (Å²) in [6.07, 6.45) is 1.83. The Hall–Kier alpha value is -2.60. The Kier molecular flexibility index (Phi) is 7.69. The predicted molar refractivity (Wildman–Crippen MR) is 119 cm³/mol. The minimum absolute atomic E-state index is 0.0956. The number of halogens is 1. The van der Waals surface area contributed by atoms with Crippen LogP contribution < -0.4 is 15.4 Å². The van der Waals surface area contributed by atoms with Gasteiger partial charge in [-0.2, -0.15) is 0 Å². The molecule has 1 heterocycles. The first-order chi connectivity index (χ1) is 14.6. The van der Waals surface area contributed by atoms with Gasteiger partial charge in [0, 0.05) is 37.3 Å². The normalized spacial score (nSPS) is 16.2. The standard InChI is InChI=1S/C24H32FN3O2/c1-4-26-23(27-16-19-6-8-20(25)9-7-19)28-17-24(11-13-30-14-12-24)21-15-18(2)5-10-22(21)29-3/h5-10,15H,4,11-14,16-17H2,1-3H3,(H2,26,27,28). The van der Waals surface area contributed by atoms with E-state index in [1.165, 1.54) is 23.3 Å². The fraction of sp³-hybridized carbons (Fsp3) is 0.458. The van der Waals surface area contributed by atoms with E-state index in [9.17, 15) is 4.39 Å². The van der Waals surface area contributed by atoms with E-state index < -0.39 is 0 Å². The molecule has 2 aromatic carbocycles. The van der Waals surface area contributed by atoms with Crippen LogP contribution in [0.2, 0.25) is 0 Å². The molecule has 0 unspecified atom stereocenters. The van der Waals surface area contributed by atoms with Gasteiger partial charge in [-0.05, 0) is 50.5 Å². The first-order valence-electron chi connectivity index (χ1n) is 10.6. The second-order valence-corrected chi connectivity index (χ2v) is 7.77. The van der Waals surface area contributed by atoms with Gasteiger partial charge >= 0.3 is 0 Å². The Morgan fingerprint density at radius 3 is 2.53 bits per heavy atom. The van der Waals surface area contributed by atoms with Crippen LogP contribution in [0, 0.1) is 12.7 Å². The molecule has 0 aromatic heterocycles. The van der Waals surface area contributed by atoms with Crippen LogP contribution in [-0.2, 0) is 16.7 Å². The molecule has 0 radical (unpaired) electrons. The molecule has 0 atom stereocenters. The summed E-state index contributed by atoms with van der Waals surface area (Å²) in [5.41, 5.74) is 3.31. The topological polar surface area (TPSA) is 54.9 Å². The number of rotatable bonds is 7. The Bertz CT molecular complexity index is 846. The molecular weight excluding hydrogens is 381 g/mol. The summed E-state index contributed by atoms with van der Waals surface area (Å²) < 4.78 is 24.5. The highest BCUT2D eigenvalue weighted by atomic mass is 19.1. The number of aryl methyl sites for hydroxylation is 1. The SMILES string of the molecule is CCNC(=NCc1ccc(F)cc1)NCC1(c2cc(C)ccc2OC)CCOCC1. The van der Waals surface area contributed by atoms with E-state index in [0.717, 1.165) is 56.4 Å². The number of hydrogen-bond acceptors (Lipinski definition) is 3. The molecule has 5 nitrogen and oxygen atoms in total. The van der Waals surface area contributed by atoms with Crippen molar-refractivity contribution in [2.45, 2.75) is 38.6 Å². The van der Waals surface area contributed by atoms with Crippen LogP contribution in [0.5, 0.6) is 5.75 Å². The molecule has 0 aliphatic carbocycles. The third-order valence-electron chi connectivity index (χ3n) is 5.65. The van der Waals surface area contributed by atoms with Crippen LogP contribution >= 0.6 is 0 Å². The molecule has 0 amide bonds. The Morgan fingerprint density at radius 2 is 1.87 bits per heavy atom. The first-order valence-corrected chi connectivity index (χ1v) is 10.6. The number of nitrogens with one attached hydrogen (secondary N) is 2. The van der Waals surface area contributed by atoms with Gasteiger partial charge in [0.05, 0.1) is 13.7 Å². The molecule has 30 heavy (non-hydrogen) atoms. The molecule has 2 N–H and O–H groups in total. The zero-order valence-electron chi connectivity index (χ0n) is 18.1. The number of nitrogens with zero attached hydrogens (tertiary/aromatic N) is 1. The van der Waals surface area contributed by atoms with Crippen molar-refractivity contribution in [3.63, 3.8) is 0 Å². The number of hydrogen-bond donors (Lipinski definition) is 2. The molecule has 0 bridgehead atoms. The monoisotopic (exact) mass is 413 g/mol. The average Bonchev–Trinajstić information content (AvgIpc) is 2.77. The lowest BCUT2D eigenvalue weighted by Gasteiger charge is -2.39. The number of ether oxygens (including phenoxy) is 2. The molecule has 3 rings (SSSR count). The molecular formula is C24H32FN3O2. The molecule has 1 aliphatic heterocycles. The van der Waals surface area contributed by atoms with Crippen molar-refractivity contribution in [3.05, 3.63) is 65.0 Å². The van der Waals surface area contributed by atoms with Crippen molar-refractivity contribution < 1.29 is 13.9 Å². The van der Waals surface area contributed by atoms with Crippen LogP contribution in [0.4, 0.5) is 4.39 Å². The van der Waals surface area contributed by atoms with Gasteiger partial charge in [-0.25, -0.2) is 9.38 Å². The molecule has 0 spiro atoms. The smallest absolute Gasteiger partial charge is 0.191 e. The lowest BCUT2D eigenvalue weighted by atomic mass is 9.73. The number of benzene rings is 2. The number of guanidine groups is 1.